The SMILES string of the molecule is CCCC[C@@H](COC(N)=O)[C@H](O)c1c(Cl)cccc1C1CCCC1. The van der Waals surface area contributed by atoms with Gasteiger partial charge in [0.1, 0.15) is 0 Å². The molecule has 0 aromatic heterocycles. The summed E-state index contributed by atoms with van der Waals surface area (Å²) in [5, 5.41) is 11.6. The first-order valence-electron chi connectivity index (χ1n) is 8.93. The summed E-state index contributed by atoms with van der Waals surface area (Å²) >= 11 is 6.45. The van der Waals surface area contributed by atoms with Crippen LogP contribution in [-0.4, -0.2) is 17.8 Å². The van der Waals surface area contributed by atoms with Crippen LogP contribution in [0.25, 0.3) is 0 Å². The number of ether oxygens (including phenoxy) is 1. The zero-order chi connectivity index (χ0) is 17.5. The lowest BCUT2D eigenvalue weighted by atomic mass is 9.84. The summed E-state index contributed by atoms with van der Waals surface area (Å²) in [5.41, 5.74) is 7.05. The van der Waals surface area contributed by atoms with E-state index in [1.54, 1.807) is 0 Å². The van der Waals surface area contributed by atoms with Gasteiger partial charge in [-0.15, -0.1) is 0 Å². The molecule has 1 aliphatic rings. The summed E-state index contributed by atoms with van der Waals surface area (Å²) in [4.78, 5) is 11.0. The second kappa shape index (κ2) is 9.28. The highest BCUT2D eigenvalue weighted by molar-refractivity contribution is 6.31. The Kier molecular flexibility index (Phi) is 7.38. The molecular formula is C19H28ClNO3. The molecule has 0 radical (unpaired) electrons. The van der Waals surface area contributed by atoms with Crippen molar-refractivity contribution in [3.8, 4) is 0 Å². The number of rotatable bonds is 8. The minimum Gasteiger partial charge on any atom is -0.449 e. The number of unbranched alkanes of at least 4 members (excludes halogenated alkanes) is 1. The van der Waals surface area contributed by atoms with E-state index in [1.807, 2.05) is 12.1 Å². The molecule has 1 amide bonds. The Hall–Kier alpha value is -1.26. The van der Waals surface area contributed by atoms with E-state index < -0.39 is 12.2 Å². The van der Waals surface area contributed by atoms with E-state index in [2.05, 4.69) is 13.0 Å². The van der Waals surface area contributed by atoms with Crippen LogP contribution >= 0.6 is 11.6 Å². The van der Waals surface area contributed by atoms with E-state index in [0.29, 0.717) is 10.9 Å². The summed E-state index contributed by atoms with van der Waals surface area (Å²) in [7, 11) is 0. The molecule has 3 N–H and O–H groups in total. The van der Waals surface area contributed by atoms with E-state index in [4.69, 9.17) is 22.1 Å². The quantitative estimate of drug-likeness (QED) is 0.695. The van der Waals surface area contributed by atoms with Gasteiger partial charge in [0.05, 0.1) is 12.7 Å². The second-order valence-electron chi connectivity index (χ2n) is 6.70. The van der Waals surface area contributed by atoms with E-state index >= 15 is 0 Å². The molecule has 0 unspecified atom stereocenters. The fourth-order valence-corrected chi connectivity index (χ4v) is 3.98. The standard InChI is InChI=1S/C19H28ClNO3/c1-2-3-7-14(12-24-19(21)23)18(22)17-15(10-6-11-16(17)20)13-8-4-5-9-13/h6,10-11,13-14,18,22H,2-5,7-9,12H2,1H3,(H2,21,23)/t14-,18-/m0/s1. The van der Waals surface area contributed by atoms with Crippen LogP contribution in [0.2, 0.25) is 5.02 Å². The number of aliphatic hydroxyl groups is 1. The lowest BCUT2D eigenvalue weighted by molar-refractivity contribution is 0.0493. The van der Waals surface area contributed by atoms with Gasteiger partial charge in [0.15, 0.2) is 0 Å². The minimum atomic E-state index is -0.807. The zero-order valence-electron chi connectivity index (χ0n) is 14.3. The summed E-state index contributed by atoms with van der Waals surface area (Å²) in [6, 6.07) is 5.85. The fraction of sp³-hybridized carbons (Fsp3) is 0.632. The fourth-order valence-electron chi connectivity index (χ4n) is 3.68. The summed E-state index contributed by atoms with van der Waals surface area (Å²) in [6.45, 7) is 2.21. The Morgan fingerprint density at radius 3 is 2.75 bits per heavy atom. The first-order chi connectivity index (χ1) is 11.5. The molecule has 134 valence electrons. The van der Waals surface area contributed by atoms with Crippen LogP contribution in [0.3, 0.4) is 0 Å². The lowest BCUT2D eigenvalue weighted by Crippen LogP contribution is -2.24. The van der Waals surface area contributed by atoms with Crippen LogP contribution in [-0.2, 0) is 4.74 Å². The van der Waals surface area contributed by atoms with Gasteiger partial charge in [-0.1, -0.05) is 56.3 Å². The number of halogens is 1. The van der Waals surface area contributed by atoms with Crippen molar-refractivity contribution in [2.75, 3.05) is 6.61 Å². The van der Waals surface area contributed by atoms with Gasteiger partial charge in [0.2, 0.25) is 0 Å². The highest BCUT2D eigenvalue weighted by Gasteiger charge is 2.29. The third-order valence-electron chi connectivity index (χ3n) is 4.99. The van der Waals surface area contributed by atoms with E-state index in [0.717, 1.165) is 43.2 Å². The number of amides is 1. The van der Waals surface area contributed by atoms with E-state index in [1.165, 1.54) is 12.8 Å². The number of primary amides is 1. The van der Waals surface area contributed by atoms with Gasteiger partial charge in [-0.2, -0.15) is 0 Å². The Morgan fingerprint density at radius 1 is 1.42 bits per heavy atom. The van der Waals surface area contributed by atoms with Crippen molar-refractivity contribution < 1.29 is 14.6 Å². The molecule has 1 fully saturated rings. The number of hydrogen-bond acceptors (Lipinski definition) is 3. The van der Waals surface area contributed by atoms with Crippen LogP contribution in [0.1, 0.15) is 75.0 Å². The molecule has 0 saturated heterocycles. The van der Waals surface area contributed by atoms with Gasteiger partial charge in [0.25, 0.3) is 0 Å². The summed E-state index contributed by atoms with van der Waals surface area (Å²) in [6.07, 6.45) is 5.88. The maximum atomic E-state index is 11.0. The topological polar surface area (TPSA) is 72.5 Å². The second-order valence-corrected chi connectivity index (χ2v) is 7.11. The normalized spacial score (nSPS) is 17.6. The molecule has 0 spiro atoms. The van der Waals surface area contributed by atoms with Gasteiger partial charge in [0, 0.05) is 16.5 Å². The Bertz CT molecular complexity index is 543. The highest BCUT2D eigenvalue weighted by atomic mass is 35.5. The number of aliphatic hydroxyl groups excluding tert-OH is 1. The van der Waals surface area contributed by atoms with Crippen LogP contribution < -0.4 is 5.73 Å². The van der Waals surface area contributed by atoms with E-state index in [9.17, 15) is 9.90 Å². The molecule has 1 aromatic rings. The van der Waals surface area contributed by atoms with Crippen molar-refractivity contribution in [2.45, 2.75) is 63.9 Å². The van der Waals surface area contributed by atoms with Crippen molar-refractivity contribution in [1.82, 2.24) is 0 Å². The average molecular weight is 354 g/mol. The summed E-state index contributed by atoms with van der Waals surface area (Å²) in [5.74, 6) is 0.259. The molecule has 0 aliphatic heterocycles. The van der Waals surface area contributed by atoms with Crippen LogP contribution in [0.15, 0.2) is 18.2 Å². The molecule has 0 bridgehead atoms. The number of carbonyl (C=O) groups excluding carboxylic acids is 1. The number of benzene rings is 1. The van der Waals surface area contributed by atoms with Gasteiger partial charge < -0.3 is 15.6 Å². The number of hydrogen-bond donors (Lipinski definition) is 2. The summed E-state index contributed by atoms with van der Waals surface area (Å²) < 4.78 is 4.98. The Balaban J connectivity index is 2.26. The van der Waals surface area contributed by atoms with Gasteiger partial charge >= 0.3 is 6.09 Å². The molecule has 1 aromatic carbocycles. The highest BCUT2D eigenvalue weighted by Crippen LogP contribution is 2.42. The van der Waals surface area contributed by atoms with Crippen molar-refractivity contribution in [3.63, 3.8) is 0 Å². The average Bonchev–Trinajstić information content (AvgIpc) is 3.08. The Labute approximate surface area is 149 Å². The predicted molar refractivity (Wildman–Crippen MR) is 96.2 cm³/mol. The van der Waals surface area contributed by atoms with Crippen LogP contribution in [0, 0.1) is 5.92 Å². The number of carbonyl (C=O) groups is 1. The maximum absolute atomic E-state index is 11.0. The zero-order valence-corrected chi connectivity index (χ0v) is 15.1. The molecule has 0 heterocycles. The molecule has 24 heavy (non-hydrogen) atoms. The van der Waals surface area contributed by atoms with Crippen LogP contribution in [0.4, 0.5) is 4.79 Å². The molecular weight excluding hydrogens is 326 g/mol. The van der Waals surface area contributed by atoms with Crippen molar-refractivity contribution >= 4 is 17.7 Å². The molecule has 5 heteroatoms. The molecule has 1 aliphatic carbocycles. The molecule has 1 saturated carbocycles. The largest absolute Gasteiger partial charge is 0.449 e. The first kappa shape index (κ1) is 19.1. The number of nitrogens with two attached hydrogens (primary N) is 1. The van der Waals surface area contributed by atoms with Crippen molar-refractivity contribution in [2.24, 2.45) is 11.7 Å². The minimum absolute atomic E-state index is 0.117. The predicted octanol–water partition coefficient (Wildman–Crippen LogP) is 4.93. The third kappa shape index (κ3) is 4.87. The molecule has 2 atom stereocenters. The van der Waals surface area contributed by atoms with Gasteiger partial charge in [-0.25, -0.2) is 4.79 Å². The van der Waals surface area contributed by atoms with E-state index in [-0.39, 0.29) is 12.5 Å². The first-order valence-corrected chi connectivity index (χ1v) is 9.31. The lowest BCUT2D eigenvalue weighted by Gasteiger charge is -2.27. The monoisotopic (exact) mass is 353 g/mol. The van der Waals surface area contributed by atoms with Gasteiger partial charge in [-0.05, 0) is 36.8 Å². The Morgan fingerprint density at radius 2 is 2.12 bits per heavy atom. The maximum Gasteiger partial charge on any atom is 0.404 e. The molecule has 2 rings (SSSR count). The smallest absolute Gasteiger partial charge is 0.404 e. The van der Waals surface area contributed by atoms with Crippen LogP contribution in [0.5, 0.6) is 0 Å². The van der Waals surface area contributed by atoms with Crippen molar-refractivity contribution in [1.29, 1.82) is 0 Å². The van der Waals surface area contributed by atoms with Crippen molar-refractivity contribution in [3.05, 3.63) is 34.3 Å². The third-order valence-corrected chi connectivity index (χ3v) is 5.32. The molecule has 4 nitrogen and oxygen atoms in total. The van der Waals surface area contributed by atoms with Gasteiger partial charge in [-0.3, -0.25) is 0 Å².